The zero-order chi connectivity index (χ0) is 14.7. The van der Waals surface area contributed by atoms with E-state index in [0.29, 0.717) is 18.5 Å². The molecule has 3 rings (SSSR count). The highest BCUT2D eigenvalue weighted by molar-refractivity contribution is 5.78. The van der Waals surface area contributed by atoms with Crippen LogP contribution in [0.1, 0.15) is 24.0 Å². The summed E-state index contributed by atoms with van der Waals surface area (Å²) in [5.74, 6) is 0.639. The van der Waals surface area contributed by atoms with Gasteiger partial charge >= 0.3 is 0 Å². The van der Waals surface area contributed by atoms with Crippen LogP contribution in [0.5, 0.6) is 0 Å². The minimum absolute atomic E-state index is 0.603. The molecule has 0 aliphatic heterocycles. The number of hydrogen-bond donors (Lipinski definition) is 1. The van der Waals surface area contributed by atoms with Crippen LogP contribution in [0, 0.1) is 0 Å². The van der Waals surface area contributed by atoms with Gasteiger partial charge in [0.2, 0.25) is 0 Å². The molecule has 110 valence electrons. The van der Waals surface area contributed by atoms with Crippen molar-refractivity contribution >= 4 is 5.96 Å². The van der Waals surface area contributed by atoms with E-state index in [9.17, 15) is 0 Å². The van der Waals surface area contributed by atoms with E-state index in [2.05, 4.69) is 43.7 Å². The molecule has 0 bridgehead atoms. The second-order valence-electron chi connectivity index (χ2n) is 5.57. The fourth-order valence-corrected chi connectivity index (χ4v) is 2.27. The van der Waals surface area contributed by atoms with Gasteiger partial charge in [0.15, 0.2) is 5.96 Å². The van der Waals surface area contributed by atoms with E-state index < -0.39 is 0 Å². The molecule has 1 heterocycles. The van der Waals surface area contributed by atoms with E-state index in [0.717, 1.165) is 6.54 Å². The van der Waals surface area contributed by atoms with E-state index in [-0.39, 0.29) is 0 Å². The van der Waals surface area contributed by atoms with Crippen LogP contribution in [0.2, 0.25) is 0 Å². The molecule has 5 heteroatoms. The van der Waals surface area contributed by atoms with Crippen LogP contribution in [-0.2, 0) is 13.1 Å². The topological polar surface area (TPSA) is 59.4 Å². The van der Waals surface area contributed by atoms with Crippen molar-refractivity contribution in [3.05, 3.63) is 54.1 Å². The summed E-state index contributed by atoms with van der Waals surface area (Å²) in [5, 5.41) is 0. The van der Waals surface area contributed by atoms with Crippen LogP contribution in [-0.4, -0.2) is 33.5 Å². The van der Waals surface area contributed by atoms with E-state index in [1.807, 2.05) is 19.6 Å². The maximum absolute atomic E-state index is 5.99. The lowest BCUT2D eigenvalue weighted by molar-refractivity contribution is 0.487. The van der Waals surface area contributed by atoms with Crippen LogP contribution in [0.15, 0.2) is 48.0 Å². The summed E-state index contributed by atoms with van der Waals surface area (Å²) in [6.07, 6.45) is 8.05. The molecule has 1 aromatic heterocycles. The van der Waals surface area contributed by atoms with Crippen LogP contribution in [0.4, 0.5) is 0 Å². The first-order valence-corrected chi connectivity index (χ1v) is 7.28. The molecule has 2 N–H and O–H groups in total. The third-order valence-corrected chi connectivity index (χ3v) is 3.83. The predicted molar refractivity (Wildman–Crippen MR) is 83.9 cm³/mol. The standard InChI is InChI=1S/C16H21N5/c1-20(15-6-7-15)16(17)19-10-13-2-4-14(5-3-13)11-21-9-8-18-12-21/h2-5,8-9,12,15H,6-7,10-11H2,1H3,(H2,17,19). The van der Waals surface area contributed by atoms with Crippen molar-refractivity contribution in [3.8, 4) is 0 Å². The van der Waals surface area contributed by atoms with Gasteiger partial charge in [-0.15, -0.1) is 0 Å². The molecular weight excluding hydrogens is 262 g/mol. The lowest BCUT2D eigenvalue weighted by Gasteiger charge is -2.16. The molecule has 0 amide bonds. The highest BCUT2D eigenvalue weighted by atomic mass is 15.3. The van der Waals surface area contributed by atoms with E-state index in [4.69, 9.17) is 5.73 Å². The number of aromatic nitrogens is 2. The lowest BCUT2D eigenvalue weighted by atomic mass is 10.1. The molecule has 1 aromatic carbocycles. The maximum atomic E-state index is 5.99. The lowest BCUT2D eigenvalue weighted by Crippen LogP contribution is -2.35. The van der Waals surface area contributed by atoms with Gasteiger partial charge in [-0.1, -0.05) is 24.3 Å². The van der Waals surface area contributed by atoms with Crippen molar-refractivity contribution in [2.45, 2.75) is 32.0 Å². The van der Waals surface area contributed by atoms with Crippen molar-refractivity contribution in [3.63, 3.8) is 0 Å². The van der Waals surface area contributed by atoms with Crippen molar-refractivity contribution in [2.24, 2.45) is 10.7 Å². The average Bonchev–Trinajstić information content (AvgIpc) is 3.23. The molecule has 0 atom stereocenters. The summed E-state index contributed by atoms with van der Waals surface area (Å²) in [6.45, 7) is 1.48. The predicted octanol–water partition coefficient (Wildman–Crippen LogP) is 1.84. The Bertz CT molecular complexity index is 596. The number of hydrogen-bond acceptors (Lipinski definition) is 2. The van der Waals surface area contributed by atoms with Gasteiger partial charge in [-0.3, -0.25) is 0 Å². The number of nitrogens with zero attached hydrogens (tertiary/aromatic N) is 4. The Hall–Kier alpha value is -2.30. The maximum Gasteiger partial charge on any atom is 0.191 e. The van der Waals surface area contributed by atoms with Crippen molar-refractivity contribution in [2.75, 3.05) is 7.05 Å². The van der Waals surface area contributed by atoms with Crippen LogP contribution >= 0.6 is 0 Å². The van der Waals surface area contributed by atoms with E-state index >= 15 is 0 Å². The van der Waals surface area contributed by atoms with Gasteiger partial charge in [-0.2, -0.15) is 0 Å². The summed E-state index contributed by atoms with van der Waals surface area (Å²) in [6, 6.07) is 9.09. The summed E-state index contributed by atoms with van der Waals surface area (Å²) in [4.78, 5) is 10.6. The van der Waals surface area contributed by atoms with Crippen molar-refractivity contribution in [1.29, 1.82) is 0 Å². The summed E-state index contributed by atoms with van der Waals surface area (Å²) >= 11 is 0. The van der Waals surface area contributed by atoms with Crippen molar-refractivity contribution < 1.29 is 0 Å². The highest BCUT2D eigenvalue weighted by Gasteiger charge is 2.27. The zero-order valence-corrected chi connectivity index (χ0v) is 12.3. The fourth-order valence-electron chi connectivity index (χ4n) is 2.27. The molecule has 21 heavy (non-hydrogen) atoms. The van der Waals surface area contributed by atoms with Gasteiger partial charge < -0.3 is 15.2 Å². The number of benzene rings is 1. The molecule has 1 aliphatic rings. The minimum Gasteiger partial charge on any atom is -0.370 e. The van der Waals surface area contributed by atoms with Gasteiger partial charge in [0.1, 0.15) is 0 Å². The molecule has 0 spiro atoms. The molecule has 1 fully saturated rings. The Balaban J connectivity index is 1.57. The Morgan fingerprint density at radius 3 is 2.67 bits per heavy atom. The Morgan fingerprint density at radius 1 is 1.33 bits per heavy atom. The third kappa shape index (κ3) is 3.62. The quantitative estimate of drug-likeness (QED) is 0.673. The SMILES string of the molecule is CN(C(N)=NCc1ccc(Cn2ccnc2)cc1)C1CC1. The number of imidazole rings is 1. The van der Waals surface area contributed by atoms with Crippen LogP contribution in [0.25, 0.3) is 0 Å². The third-order valence-electron chi connectivity index (χ3n) is 3.83. The smallest absolute Gasteiger partial charge is 0.191 e. The number of nitrogens with two attached hydrogens (primary N) is 1. The van der Waals surface area contributed by atoms with Crippen LogP contribution < -0.4 is 5.73 Å². The van der Waals surface area contributed by atoms with Crippen molar-refractivity contribution in [1.82, 2.24) is 14.5 Å². The number of aliphatic imine (C=N–C) groups is 1. The summed E-state index contributed by atoms with van der Waals surface area (Å²) < 4.78 is 2.05. The van der Waals surface area contributed by atoms with Gasteiger partial charge in [0.25, 0.3) is 0 Å². The van der Waals surface area contributed by atoms with E-state index in [1.165, 1.54) is 24.0 Å². The minimum atomic E-state index is 0.603. The summed E-state index contributed by atoms with van der Waals surface area (Å²) in [5.41, 5.74) is 8.42. The first kappa shape index (κ1) is 13.7. The Labute approximate surface area is 125 Å². The first-order valence-electron chi connectivity index (χ1n) is 7.28. The zero-order valence-electron chi connectivity index (χ0n) is 12.3. The van der Waals surface area contributed by atoms with Gasteiger partial charge in [-0.25, -0.2) is 9.98 Å². The molecule has 0 saturated heterocycles. The highest BCUT2D eigenvalue weighted by Crippen LogP contribution is 2.24. The average molecular weight is 283 g/mol. The Kier molecular flexibility index (Phi) is 3.90. The normalized spacial score (nSPS) is 15.2. The summed E-state index contributed by atoms with van der Waals surface area (Å²) in [7, 11) is 2.02. The molecular formula is C16H21N5. The van der Waals surface area contributed by atoms with Gasteiger partial charge in [0.05, 0.1) is 12.9 Å². The second-order valence-corrected chi connectivity index (χ2v) is 5.57. The second kappa shape index (κ2) is 5.99. The molecule has 2 aromatic rings. The number of rotatable bonds is 5. The molecule has 5 nitrogen and oxygen atoms in total. The number of guanidine groups is 1. The van der Waals surface area contributed by atoms with Crippen LogP contribution in [0.3, 0.4) is 0 Å². The Morgan fingerprint density at radius 2 is 2.05 bits per heavy atom. The molecule has 1 saturated carbocycles. The molecule has 0 unspecified atom stereocenters. The van der Waals surface area contributed by atoms with E-state index in [1.54, 1.807) is 6.20 Å². The van der Waals surface area contributed by atoms with Gasteiger partial charge in [0, 0.05) is 32.0 Å². The first-order chi connectivity index (χ1) is 10.2. The largest absolute Gasteiger partial charge is 0.370 e. The molecule has 0 radical (unpaired) electrons. The molecule has 1 aliphatic carbocycles. The monoisotopic (exact) mass is 283 g/mol. The fraction of sp³-hybridized carbons (Fsp3) is 0.375. The van der Waals surface area contributed by atoms with Gasteiger partial charge in [-0.05, 0) is 24.0 Å².